The maximum absolute atomic E-state index is 6.14. The first-order valence-corrected chi connectivity index (χ1v) is 7.14. The summed E-state index contributed by atoms with van der Waals surface area (Å²) in [4.78, 5) is 4.47. The van der Waals surface area contributed by atoms with E-state index in [9.17, 15) is 0 Å². The van der Waals surface area contributed by atoms with Crippen molar-refractivity contribution in [2.75, 3.05) is 12.8 Å². The van der Waals surface area contributed by atoms with Crippen molar-refractivity contribution in [2.45, 2.75) is 18.4 Å². The first-order valence-electron chi connectivity index (χ1n) is 7.14. The Morgan fingerprint density at radius 3 is 2.76 bits per heavy atom. The normalized spacial score (nSPS) is 20.6. The van der Waals surface area contributed by atoms with Gasteiger partial charge < -0.3 is 15.0 Å². The smallest absolute Gasteiger partial charge is 0.201 e. The standard InChI is InChI=1S/C17H17N3O/c1-21-12-7-8-15-14(9-12)19-17(18)20(15)16-10-13(16)11-5-3-2-4-6-11/h2-9,13,16H,10H2,1H3,(H2,18,19). The largest absolute Gasteiger partial charge is 0.497 e. The van der Waals surface area contributed by atoms with E-state index in [0.717, 1.165) is 23.2 Å². The summed E-state index contributed by atoms with van der Waals surface area (Å²) in [6.45, 7) is 0. The maximum Gasteiger partial charge on any atom is 0.201 e. The van der Waals surface area contributed by atoms with Crippen molar-refractivity contribution >= 4 is 17.0 Å². The molecule has 2 N–H and O–H groups in total. The molecule has 2 aromatic carbocycles. The van der Waals surface area contributed by atoms with Gasteiger partial charge in [0.25, 0.3) is 0 Å². The molecule has 0 aliphatic heterocycles. The van der Waals surface area contributed by atoms with Crippen LogP contribution in [0.5, 0.6) is 5.75 Å². The summed E-state index contributed by atoms with van der Waals surface area (Å²) in [6, 6.07) is 16.9. The molecule has 1 fully saturated rings. The maximum atomic E-state index is 6.14. The minimum Gasteiger partial charge on any atom is -0.497 e. The fourth-order valence-electron chi connectivity index (χ4n) is 3.10. The number of hydrogen-bond acceptors (Lipinski definition) is 3. The second kappa shape index (κ2) is 4.52. The Kier molecular flexibility index (Phi) is 2.64. The molecule has 1 aromatic heterocycles. The average Bonchev–Trinajstić information content (AvgIpc) is 3.23. The van der Waals surface area contributed by atoms with Gasteiger partial charge >= 0.3 is 0 Å². The molecule has 21 heavy (non-hydrogen) atoms. The van der Waals surface area contributed by atoms with Gasteiger partial charge in [0.15, 0.2) is 0 Å². The van der Waals surface area contributed by atoms with Gasteiger partial charge in [-0.3, -0.25) is 0 Å². The molecular weight excluding hydrogens is 262 g/mol. The van der Waals surface area contributed by atoms with Crippen molar-refractivity contribution in [3.8, 4) is 5.75 Å². The summed E-state index contributed by atoms with van der Waals surface area (Å²) < 4.78 is 7.41. The number of benzene rings is 2. The predicted molar refractivity (Wildman–Crippen MR) is 83.5 cm³/mol. The number of hydrogen-bond donors (Lipinski definition) is 1. The van der Waals surface area contributed by atoms with E-state index < -0.39 is 0 Å². The van der Waals surface area contributed by atoms with E-state index in [1.54, 1.807) is 7.11 Å². The molecule has 1 aliphatic carbocycles. The molecule has 4 rings (SSSR count). The van der Waals surface area contributed by atoms with Crippen LogP contribution in [0.25, 0.3) is 11.0 Å². The Balaban J connectivity index is 1.73. The number of fused-ring (bicyclic) bond motifs is 1. The first kappa shape index (κ1) is 12.3. The third-order valence-corrected chi connectivity index (χ3v) is 4.24. The van der Waals surface area contributed by atoms with Gasteiger partial charge in [-0.15, -0.1) is 0 Å². The van der Waals surface area contributed by atoms with Crippen molar-refractivity contribution < 1.29 is 4.74 Å². The second-order valence-corrected chi connectivity index (χ2v) is 5.51. The van der Waals surface area contributed by atoms with E-state index in [0.29, 0.717) is 17.9 Å². The van der Waals surface area contributed by atoms with E-state index in [-0.39, 0.29) is 0 Å². The zero-order valence-electron chi connectivity index (χ0n) is 11.9. The molecule has 3 aromatic rings. The Morgan fingerprint density at radius 2 is 2.00 bits per heavy atom. The van der Waals surface area contributed by atoms with Crippen LogP contribution in [0.3, 0.4) is 0 Å². The summed E-state index contributed by atoms with van der Waals surface area (Å²) in [7, 11) is 1.66. The van der Waals surface area contributed by atoms with E-state index in [1.807, 2.05) is 24.3 Å². The molecule has 4 heteroatoms. The summed E-state index contributed by atoms with van der Waals surface area (Å²) in [5, 5.41) is 0. The van der Waals surface area contributed by atoms with Crippen LogP contribution in [0.1, 0.15) is 23.9 Å². The molecule has 1 aliphatic rings. The van der Waals surface area contributed by atoms with Crippen LogP contribution in [0.4, 0.5) is 5.95 Å². The zero-order valence-corrected chi connectivity index (χ0v) is 11.9. The highest BCUT2D eigenvalue weighted by Crippen LogP contribution is 2.53. The Hall–Kier alpha value is -2.49. The van der Waals surface area contributed by atoms with E-state index >= 15 is 0 Å². The highest BCUT2D eigenvalue weighted by Gasteiger charge is 2.41. The van der Waals surface area contributed by atoms with Crippen LogP contribution in [0.2, 0.25) is 0 Å². The van der Waals surface area contributed by atoms with Gasteiger partial charge in [-0.05, 0) is 24.1 Å². The molecule has 2 atom stereocenters. The van der Waals surface area contributed by atoms with E-state index in [4.69, 9.17) is 10.5 Å². The molecule has 2 unspecified atom stereocenters. The molecule has 0 bridgehead atoms. The first-order chi connectivity index (χ1) is 10.3. The quantitative estimate of drug-likeness (QED) is 0.800. The molecule has 0 radical (unpaired) electrons. The average molecular weight is 279 g/mol. The van der Waals surface area contributed by atoms with Crippen molar-refractivity contribution in [2.24, 2.45) is 0 Å². The number of anilines is 1. The number of methoxy groups -OCH3 is 1. The Bertz CT molecular complexity index is 794. The predicted octanol–water partition coefficient (Wildman–Crippen LogP) is 3.36. The number of aromatic nitrogens is 2. The number of nitrogen functional groups attached to an aromatic ring is 1. The lowest BCUT2D eigenvalue weighted by Crippen LogP contribution is -2.02. The van der Waals surface area contributed by atoms with Gasteiger partial charge in [0.1, 0.15) is 5.75 Å². The van der Waals surface area contributed by atoms with Crippen molar-refractivity contribution in [1.82, 2.24) is 9.55 Å². The topological polar surface area (TPSA) is 53.1 Å². The van der Waals surface area contributed by atoms with Gasteiger partial charge in [0, 0.05) is 18.0 Å². The van der Waals surface area contributed by atoms with Crippen molar-refractivity contribution in [3.05, 3.63) is 54.1 Å². The van der Waals surface area contributed by atoms with Gasteiger partial charge in [-0.1, -0.05) is 30.3 Å². The third-order valence-electron chi connectivity index (χ3n) is 4.24. The van der Waals surface area contributed by atoms with Crippen LogP contribution in [0.15, 0.2) is 48.5 Å². The van der Waals surface area contributed by atoms with Crippen molar-refractivity contribution in [3.63, 3.8) is 0 Å². The molecule has 0 spiro atoms. The zero-order chi connectivity index (χ0) is 14.4. The molecular formula is C17H17N3O. The molecule has 1 heterocycles. The van der Waals surface area contributed by atoms with Crippen LogP contribution in [-0.2, 0) is 0 Å². The fourth-order valence-corrected chi connectivity index (χ4v) is 3.10. The number of rotatable bonds is 3. The molecule has 0 amide bonds. The van der Waals surface area contributed by atoms with Crippen LogP contribution >= 0.6 is 0 Å². The molecule has 4 nitrogen and oxygen atoms in total. The van der Waals surface area contributed by atoms with Gasteiger partial charge in [-0.2, -0.15) is 0 Å². The van der Waals surface area contributed by atoms with E-state index in [1.165, 1.54) is 5.56 Å². The SMILES string of the molecule is COc1ccc2c(c1)nc(N)n2C1CC1c1ccccc1. The lowest BCUT2D eigenvalue weighted by molar-refractivity contribution is 0.415. The highest BCUT2D eigenvalue weighted by atomic mass is 16.5. The molecule has 0 saturated heterocycles. The second-order valence-electron chi connectivity index (χ2n) is 5.51. The van der Waals surface area contributed by atoms with Gasteiger partial charge in [-0.25, -0.2) is 4.98 Å². The highest BCUT2D eigenvalue weighted by molar-refractivity contribution is 5.80. The van der Waals surface area contributed by atoms with E-state index in [2.05, 4.69) is 33.8 Å². The van der Waals surface area contributed by atoms with Gasteiger partial charge in [0.05, 0.1) is 18.1 Å². The lowest BCUT2D eigenvalue weighted by Gasteiger charge is -2.06. The minimum absolute atomic E-state index is 0.408. The van der Waals surface area contributed by atoms with Crippen LogP contribution < -0.4 is 10.5 Å². The Morgan fingerprint density at radius 1 is 1.19 bits per heavy atom. The number of nitrogens with zero attached hydrogens (tertiary/aromatic N) is 2. The van der Waals surface area contributed by atoms with Crippen molar-refractivity contribution in [1.29, 1.82) is 0 Å². The summed E-state index contributed by atoms with van der Waals surface area (Å²) >= 11 is 0. The van der Waals surface area contributed by atoms with Crippen LogP contribution in [-0.4, -0.2) is 16.7 Å². The van der Waals surface area contributed by atoms with Crippen LogP contribution in [0, 0.1) is 0 Å². The monoisotopic (exact) mass is 279 g/mol. The summed E-state index contributed by atoms with van der Waals surface area (Å²) in [5.74, 6) is 1.93. The number of imidazole rings is 1. The lowest BCUT2D eigenvalue weighted by atomic mass is 10.1. The number of ether oxygens (including phenoxy) is 1. The Labute approximate surface area is 123 Å². The summed E-state index contributed by atoms with van der Waals surface area (Å²) in [5.41, 5.74) is 9.48. The number of nitrogens with two attached hydrogens (primary N) is 1. The fraction of sp³-hybridized carbons (Fsp3) is 0.235. The molecule has 106 valence electrons. The minimum atomic E-state index is 0.408. The van der Waals surface area contributed by atoms with Gasteiger partial charge in [0.2, 0.25) is 5.95 Å². The summed E-state index contributed by atoms with van der Waals surface area (Å²) in [6.07, 6.45) is 1.12. The molecule has 1 saturated carbocycles. The third kappa shape index (κ3) is 1.95.